The Labute approximate surface area is 141 Å². The predicted molar refractivity (Wildman–Crippen MR) is 93.3 cm³/mol. The zero-order chi connectivity index (χ0) is 17.1. The highest BCUT2D eigenvalue weighted by Gasteiger charge is 2.35. The van der Waals surface area contributed by atoms with Crippen molar-refractivity contribution in [3.05, 3.63) is 54.1 Å². The van der Waals surface area contributed by atoms with Crippen LogP contribution in [0, 0.1) is 12.8 Å². The molecule has 0 aromatic heterocycles. The largest absolute Gasteiger partial charge is 0.497 e. The summed E-state index contributed by atoms with van der Waals surface area (Å²) in [5.41, 5.74) is 2.64. The number of carbonyl (C=O) groups excluding carboxylic acids is 2. The number of amides is 2. The van der Waals surface area contributed by atoms with Crippen LogP contribution >= 0.6 is 0 Å². The molecular weight excluding hydrogens is 304 g/mol. The molecule has 0 radical (unpaired) electrons. The van der Waals surface area contributed by atoms with Crippen molar-refractivity contribution in [3.63, 3.8) is 0 Å². The van der Waals surface area contributed by atoms with Gasteiger partial charge in [0, 0.05) is 30.4 Å². The van der Waals surface area contributed by atoms with Crippen LogP contribution in [-0.4, -0.2) is 25.5 Å². The Morgan fingerprint density at radius 1 is 1.21 bits per heavy atom. The molecule has 5 heteroatoms. The van der Waals surface area contributed by atoms with E-state index in [1.165, 1.54) is 0 Å². The van der Waals surface area contributed by atoms with E-state index in [0.717, 1.165) is 16.9 Å². The third-order valence-corrected chi connectivity index (χ3v) is 4.18. The molecule has 0 bridgehead atoms. The van der Waals surface area contributed by atoms with Crippen LogP contribution in [0.2, 0.25) is 0 Å². The van der Waals surface area contributed by atoms with Crippen molar-refractivity contribution >= 4 is 23.2 Å². The number of nitrogens with zero attached hydrogens (tertiary/aromatic N) is 1. The highest BCUT2D eigenvalue weighted by Crippen LogP contribution is 2.28. The lowest BCUT2D eigenvalue weighted by Gasteiger charge is -2.17. The molecule has 5 nitrogen and oxygen atoms in total. The van der Waals surface area contributed by atoms with Crippen LogP contribution in [0.5, 0.6) is 5.75 Å². The van der Waals surface area contributed by atoms with Crippen LogP contribution in [-0.2, 0) is 9.59 Å². The van der Waals surface area contributed by atoms with E-state index in [1.807, 2.05) is 49.4 Å². The zero-order valence-electron chi connectivity index (χ0n) is 13.8. The summed E-state index contributed by atoms with van der Waals surface area (Å²) in [5.74, 6) is 0.155. The molecule has 1 fully saturated rings. The van der Waals surface area contributed by atoms with Crippen molar-refractivity contribution < 1.29 is 14.3 Å². The number of methoxy groups -OCH3 is 1. The Kier molecular flexibility index (Phi) is 4.51. The van der Waals surface area contributed by atoms with Gasteiger partial charge in [-0.15, -0.1) is 0 Å². The lowest BCUT2D eigenvalue weighted by Crippen LogP contribution is -2.28. The van der Waals surface area contributed by atoms with Gasteiger partial charge in [0.15, 0.2) is 0 Å². The number of aryl methyl sites for hydroxylation is 1. The second-order valence-electron chi connectivity index (χ2n) is 5.96. The number of carbonyl (C=O) groups is 2. The lowest BCUT2D eigenvalue weighted by molar-refractivity contribution is -0.122. The topological polar surface area (TPSA) is 58.6 Å². The van der Waals surface area contributed by atoms with Crippen LogP contribution in [0.25, 0.3) is 0 Å². The summed E-state index contributed by atoms with van der Waals surface area (Å²) in [7, 11) is 1.59. The van der Waals surface area contributed by atoms with Gasteiger partial charge in [0.25, 0.3) is 0 Å². The highest BCUT2D eigenvalue weighted by atomic mass is 16.5. The van der Waals surface area contributed by atoms with Crippen molar-refractivity contribution in [1.82, 2.24) is 0 Å². The van der Waals surface area contributed by atoms with E-state index in [0.29, 0.717) is 12.3 Å². The van der Waals surface area contributed by atoms with Gasteiger partial charge < -0.3 is 15.0 Å². The number of hydrogen-bond acceptors (Lipinski definition) is 3. The Hall–Kier alpha value is -2.82. The summed E-state index contributed by atoms with van der Waals surface area (Å²) in [6, 6.07) is 14.9. The first-order valence-corrected chi connectivity index (χ1v) is 7.89. The van der Waals surface area contributed by atoms with E-state index in [4.69, 9.17) is 4.74 Å². The molecule has 3 rings (SSSR count). The van der Waals surface area contributed by atoms with Crippen molar-refractivity contribution in [3.8, 4) is 5.75 Å². The van der Waals surface area contributed by atoms with Gasteiger partial charge in [-0.3, -0.25) is 9.59 Å². The average Bonchev–Trinajstić information content (AvgIpc) is 2.99. The number of anilines is 2. The molecule has 0 aliphatic carbocycles. The second kappa shape index (κ2) is 6.74. The van der Waals surface area contributed by atoms with E-state index < -0.39 is 0 Å². The molecule has 0 unspecified atom stereocenters. The van der Waals surface area contributed by atoms with E-state index in [1.54, 1.807) is 18.1 Å². The first-order chi connectivity index (χ1) is 11.6. The highest BCUT2D eigenvalue weighted by molar-refractivity contribution is 6.03. The SMILES string of the molecule is COc1cccc(N2C[C@H](C(=O)Nc3ccc(C)cc3)CC2=O)c1. The minimum absolute atomic E-state index is 0.0488. The first-order valence-electron chi connectivity index (χ1n) is 7.89. The van der Waals surface area contributed by atoms with Gasteiger partial charge in [-0.1, -0.05) is 23.8 Å². The van der Waals surface area contributed by atoms with Crippen LogP contribution in [0.4, 0.5) is 11.4 Å². The van der Waals surface area contributed by atoms with E-state index in [2.05, 4.69) is 5.32 Å². The lowest BCUT2D eigenvalue weighted by atomic mass is 10.1. The van der Waals surface area contributed by atoms with Crippen LogP contribution in [0.1, 0.15) is 12.0 Å². The van der Waals surface area contributed by atoms with Crippen LogP contribution in [0.3, 0.4) is 0 Å². The third kappa shape index (κ3) is 3.40. The predicted octanol–water partition coefficient (Wildman–Crippen LogP) is 3.00. The summed E-state index contributed by atoms with van der Waals surface area (Å²) in [5, 5.41) is 2.88. The number of benzene rings is 2. The normalized spacial score (nSPS) is 17.0. The van der Waals surface area contributed by atoms with Gasteiger partial charge in [-0.25, -0.2) is 0 Å². The zero-order valence-corrected chi connectivity index (χ0v) is 13.8. The molecule has 2 aromatic carbocycles. The number of hydrogen-bond donors (Lipinski definition) is 1. The molecule has 124 valence electrons. The third-order valence-electron chi connectivity index (χ3n) is 4.18. The number of nitrogens with one attached hydrogen (secondary N) is 1. The molecule has 0 saturated carbocycles. The fourth-order valence-corrected chi connectivity index (χ4v) is 2.79. The Morgan fingerprint density at radius 2 is 1.96 bits per heavy atom. The fraction of sp³-hybridized carbons (Fsp3) is 0.263. The van der Waals surface area contributed by atoms with Gasteiger partial charge >= 0.3 is 0 Å². The monoisotopic (exact) mass is 324 g/mol. The quantitative estimate of drug-likeness (QED) is 0.940. The minimum Gasteiger partial charge on any atom is -0.497 e. The van der Waals surface area contributed by atoms with E-state index in [9.17, 15) is 9.59 Å². The summed E-state index contributed by atoms with van der Waals surface area (Å²) in [6.07, 6.45) is 0.217. The maximum atomic E-state index is 12.4. The van der Waals surface area contributed by atoms with Crippen LogP contribution < -0.4 is 15.0 Å². The molecule has 1 heterocycles. The smallest absolute Gasteiger partial charge is 0.229 e. The summed E-state index contributed by atoms with van der Waals surface area (Å²) < 4.78 is 5.20. The Balaban J connectivity index is 1.69. The second-order valence-corrected chi connectivity index (χ2v) is 5.96. The minimum atomic E-state index is -0.356. The molecule has 2 amide bonds. The van der Waals surface area contributed by atoms with Crippen LogP contribution in [0.15, 0.2) is 48.5 Å². The molecule has 2 aromatic rings. The van der Waals surface area contributed by atoms with Gasteiger partial charge in [0.05, 0.1) is 13.0 Å². The molecule has 1 N–H and O–H groups in total. The summed E-state index contributed by atoms with van der Waals surface area (Å²) in [4.78, 5) is 26.4. The van der Waals surface area contributed by atoms with Crippen molar-refractivity contribution in [2.24, 2.45) is 5.92 Å². The first kappa shape index (κ1) is 16.1. The molecule has 1 saturated heterocycles. The number of ether oxygens (including phenoxy) is 1. The van der Waals surface area contributed by atoms with Crippen molar-refractivity contribution in [1.29, 1.82) is 0 Å². The van der Waals surface area contributed by atoms with E-state index in [-0.39, 0.29) is 24.2 Å². The average molecular weight is 324 g/mol. The van der Waals surface area contributed by atoms with Crippen molar-refractivity contribution in [2.75, 3.05) is 23.9 Å². The maximum absolute atomic E-state index is 12.4. The molecular formula is C19H20N2O3. The summed E-state index contributed by atoms with van der Waals surface area (Å²) >= 11 is 0. The molecule has 1 aliphatic rings. The molecule has 1 atom stereocenters. The maximum Gasteiger partial charge on any atom is 0.229 e. The van der Waals surface area contributed by atoms with Gasteiger partial charge in [-0.05, 0) is 31.2 Å². The molecule has 24 heavy (non-hydrogen) atoms. The molecule has 0 spiro atoms. The number of rotatable bonds is 4. The molecule has 1 aliphatic heterocycles. The Morgan fingerprint density at radius 3 is 2.67 bits per heavy atom. The van der Waals surface area contributed by atoms with Gasteiger partial charge in [-0.2, -0.15) is 0 Å². The Bertz CT molecular complexity index is 755. The summed E-state index contributed by atoms with van der Waals surface area (Å²) in [6.45, 7) is 2.37. The standard InChI is InChI=1S/C19H20N2O3/c1-13-6-8-15(9-7-13)20-19(23)14-10-18(22)21(12-14)16-4-3-5-17(11-16)24-2/h3-9,11,14H,10,12H2,1-2H3,(H,20,23)/t14-/m1/s1. The fourth-order valence-electron chi connectivity index (χ4n) is 2.79. The van der Waals surface area contributed by atoms with Gasteiger partial charge in [0.2, 0.25) is 11.8 Å². The van der Waals surface area contributed by atoms with Gasteiger partial charge in [0.1, 0.15) is 5.75 Å². The van der Waals surface area contributed by atoms with Crippen molar-refractivity contribution in [2.45, 2.75) is 13.3 Å². The van der Waals surface area contributed by atoms with E-state index >= 15 is 0 Å².